The molecule has 9 N–H and O–H groups in total. The van der Waals surface area contributed by atoms with E-state index in [1.165, 1.54) is 0 Å². The quantitative estimate of drug-likeness (QED) is 0.107. The number of hydrogen-bond acceptors (Lipinski definition) is 9. The first-order valence-electron chi connectivity index (χ1n) is 9.04. The van der Waals surface area contributed by atoms with Crippen LogP contribution in [-0.2, 0) is 28.8 Å². The Bertz CT molecular complexity index is 693. The molecule has 31 heavy (non-hydrogen) atoms. The van der Waals surface area contributed by atoms with Gasteiger partial charge >= 0.3 is 11.9 Å². The lowest BCUT2D eigenvalue weighted by atomic mass is 10.1. The molecule has 0 aromatic heterocycles. The number of thiol groups is 2. The first-order chi connectivity index (χ1) is 14.4. The summed E-state index contributed by atoms with van der Waals surface area (Å²) in [5.41, 5.74) is 10.6. The molecule has 0 radical (unpaired) electrons. The van der Waals surface area contributed by atoms with Crippen molar-refractivity contribution in [3.05, 3.63) is 0 Å². The van der Waals surface area contributed by atoms with Crippen molar-refractivity contribution in [1.82, 2.24) is 16.0 Å². The van der Waals surface area contributed by atoms with Crippen molar-refractivity contribution in [3.63, 3.8) is 0 Å². The first kappa shape index (κ1) is 28.5. The second-order valence-corrected chi connectivity index (χ2v) is 7.16. The van der Waals surface area contributed by atoms with Crippen LogP contribution in [0.1, 0.15) is 25.7 Å². The van der Waals surface area contributed by atoms with Crippen LogP contribution in [-0.4, -0.2) is 81.5 Å². The average molecular weight is 482 g/mol. The van der Waals surface area contributed by atoms with E-state index in [4.69, 9.17) is 21.7 Å². The summed E-state index contributed by atoms with van der Waals surface area (Å²) >= 11 is 7.83. The second-order valence-electron chi connectivity index (χ2n) is 6.43. The van der Waals surface area contributed by atoms with Crippen LogP contribution in [0.3, 0.4) is 0 Å². The van der Waals surface area contributed by atoms with E-state index < -0.39 is 66.2 Å². The lowest BCUT2D eigenvalue weighted by Crippen LogP contribution is -2.58. The van der Waals surface area contributed by atoms with Crippen molar-refractivity contribution < 1.29 is 39.0 Å². The van der Waals surface area contributed by atoms with Crippen molar-refractivity contribution in [2.24, 2.45) is 11.5 Å². The van der Waals surface area contributed by atoms with Gasteiger partial charge in [0.05, 0.1) is 6.04 Å². The van der Waals surface area contributed by atoms with E-state index in [-0.39, 0.29) is 30.8 Å². The van der Waals surface area contributed by atoms with E-state index in [0.29, 0.717) is 0 Å². The number of aliphatic carboxylic acids is 2. The van der Waals surface area contributed by atoms with Gasteiger partial charge in [-0.1, -0.05) is 0 Å². The molecule has 0 spiro atoms. The summed E-state index contributed by atoms with van der Waals surface area (Å²) in [4.78, 5) is 69.8. The molecule has 4 amide bonds. The lowest BCUT2D eigenvalue weighted by Gasteiger charge is -2.24. The predicted octanol–water partition coefficient (Wildman–Crippen LogP) is -3.16. The van der Waals surface area contributed by atoms with Crippen LogP contribution < -0.4 is 27.4 Å². The fraction of sp³-hybridized carbons (Fsp3) is 0.625. The van der Waals surface area contributed by atoms with Crippen LogP contribution in [0.15, 0.2) is 0 Å². The maximum absolute atomic E-state index is 12.6. The molecular weight excluding hydrogens is 454 g/mol. The second kappa shape index (κ2) is 14.5. The molecule has 4 unspecified atom stereocenters. The molecule has 15 heteroatoms. The van der Waals surface area contributed by atoms with Gasteiger partial charge in [0.15, 0.2) is 0 Å². The van der Waals surface area contributed by atoms with E-state index in [1.807, 2.05) is 0 Å². The Labute approximate surface area is 188 Å². The molecule has 13 nitrogen and oxygen atoms in total. The number of carboxylic acids is 2. The summed E-state index contributed by atoms with van der Waals surface area (Å²) < 4.78 is 0. The average Bonchev–Trinajstić information content (AvgIpc) is 2.70. The van der Waals surface area contributed by atoms with Crippen molar-refractivity contribution >= 4 is 60.8 Å². The third kappa shape index (κ3) is 11.4. The highest BCUT2D eigenvalue weighted by atomic mass is 32.1. The summed E-state index contributed by atoms with van der Waals surface area (Å²) in [7, 11) is 0. The Kier molecular flexibility index (Phi) is 13.3. The van der Waals surface area contributed by atoms with Gasteiger partial charge in [0.1, 0.15) is 18.1 Å². The molecule has 0 saturated carbocycles. The molecule has 0 rings (SSSR count). The first-order valence-corrected chi connectivity index (χ1v) is 10.3. The molecule has 176 valence electrons. The normalized spacial score (nSPS) is 14.4. The van der Waals surface area contributed by atoms with E-state index >= 15 is 0 Å². The minimum Gasteiger partial charge on any atom is -0.481 e. The van der Waals surface area contributed by atoms with E-state index in [1.54, 1.807) is 0 Å². The van der Waals surface area contributed by atoms with Gasteiger partial charge in [0, 0.05) is 24.3 Å². The Morgan fingerprint density at radius 3 is 1.68 bits per heavy atom. The van der Waals surface area contributed by atoms with Crippen molar-refractivity contribution in [3.8, 4) is 0 Å². The van der Waals surface area contributed by atoms with Crippen LogP contribution in [0.25, 0.3) is 0 Å². The van der Waals surface area contributed by atoms with Crippen LogP contribution >= 0.6 is 25.3 Å². The topological polar surface area (TPSA) is 231 Å². The monoisotopic (exact) mass is 481 g/mol. The molecule has 0 aliphatic carbocycles. The number of nitrogens with one attached hydrogen (secondary N) is 3. The number of nitrogens with two attached hydrogens (primary N) is 2. The van der Waals surface area contributed by atoms with Gasteiger partial charge in [-0.15, -0.1) is 0 Å². The number of amides is 4. The lowest BCUT2D eigenvalue weighted by molar-refractivity contribution is -0.143. The van der Waals surface area contributed by atoms with Crippen LogP contribution in [0, 0.1) is 0 Å². The molecule has 4 atom stereocenters. The van der Waals surface area contributed by atoms with Crippen molar-refractivity contribution in [1.29, 1.82) is 0 Å². The van der Waals surface area contributed by atoms with Crippen LogP contribution in [0.2, 0.25) is 0 Å². The number of rotatable bonds is 15. The third-order valence-corrected chi connectivity index (χ3v) is 4.68. The molecule has 0 bridgehead atoms. The predicted molar refractivity (Wildman–Crippen MR) is 114 cm³/mol. The summed E-state index contributed by atoms with van der Waals surface area (Å²) in [6.07, 6.45) is -1.30. The zero-order chi connectivity index (χ0) is 24.1. The van der Waals surface area contributed by atoms with Gasteiger partial charge in [-0.2, -0.15) is 25.3 Å². The summed E-state index contributed by atoms with van der Waals surface area (Å²) in [5, 5.41) is 24.6. The largest absolute Gasteiger partial charge is 0.481 e. The zero-order valence-electron chi connectivity index (χ0n) is 16.4. The van der Waals surface area contributed by atoms with Gasteiger partial charge in [-0.05, 0) is 12.8 Å². The Morgan fingerprint density at radius 2 is 1.23 bits per heavy atom. The third-order valence-electron chi connectivity index (χ3n) is 3.92. The Balaban J connectivity index is 5.23. The standard InChI is InChI=1S/C16H27N5O8S2/c17-7(5-30)13(25)19-8(1-3-11(18)22)14(26)21-10(6-31)15(27)20-9(16(28)29)2-4-12(23)24/h7-10,30-31H,1-6,17H2,(H2,18,22)(H,19,25)(H,20,27)(H,21,26)(H,23,24)(H,28,29). The maximum atomic E-state index is 12.6. The SMILES string of the molecule is NC(=O)CCC(NC(=O)C(N)CS)C(=O)NC(CS)C(=O)NC(CCC(=O)O)C(=O)O. The van der Waals surface area contributed by atoms with Crippen molar-refractivity contribution in [2.45, 2.75) is 49.9 Å². The minimum absolute atomic E-state index is 0.00934. The molecule has 0 heterocycles. The number of carboxylic acid groups (broad SMARTS) is 2. The van der Waals surface area contributed by atoms with Gasteiger partial charge < -0.3 is 37.6 Å². The summed E-state index contributed by atoms with van der Waals surface area (Å²) in [5.74, 6) is -6.16. The van der Waals surface area contributed by atoms with Crippen LogP contribution in [0.4, 0.5) is 0 Å². The number of carbonyl (C=O) groups excluding carboxylic acids is 4. The molecule has 0 fully saturated rings. The molecular formula is C16H27N5O8S2. The maximum Gasteiger partial charge on any atom is 0.326 e. The zero-order valence-corrected chi connectivity index (χ0v) is 18.2. The summed E-state index contributed by atoms with van der Waals surface area (Å²) in [6, 6.07) is -5.10. The van der Waals surface area contributed by atoms with Gasteiger partial charge in [-0.3, -0.25) is 24.0 Å². The van der Waals surface area contributed by atoms with Gasteiger partial charge in [0.25, 0.3) is 0 Å². The van der Waals surface area contributed by atoms with Gasteiger partial charge in [-0.25, -0.2) is 4.79 Å². The molecule has 0 aromatic carbocycles. The fourth-order valence-electron chi connectivity index (χ4n) is 2.18. The number of carbonyl (C=O) groups is 6. The highest BCUT2D eigenvalue weighted by molar-refractivity contribution is 7.80. The highest BCUT2D eigenvalue weighted by Gasteiger charge is 2.30. The van der Waals surface area contributed by atoms with Crippen molar-refractivity contribution in [2.75, 3.05) is 11.5 Å². The highest BCUT2D eigenvalue weighted by Crippen LogP contribution is 2.03. The fourth-order valence-corrected chi connectivity index (χ4v) is 2.60. The van der Waals surface area contributed by atoms with E-state index in [0.717, 1.165) is 0 Å². The molecule has 0 aromatic rings. The molecule has 0 aliphatic heterocycles. The number of hydrogen-bond donors (Lipinski definition) is 9. The minimum atomic E-state index is -1.50. The number of primary amides is 1. The molecule has 0 saturated heterocycles. The van der Waals surface area contributed by atoms with E-state index in [2.05, 4.69) is 41.2 Å². The molecule has 0 aliphatic rings. The van der Waals surface area contributed by atoms with E-state index in [9.17, 15) is 28.8 Å². The Morgan fingerprint density at radius 1 is 0.742 bits per heavy atom. The smallest absolute Gasteiger partial charge is 0.326 e. The van der Waals surface area contributed by atoms with Crippen LogP contribution in [0.5, 0.6) is 0 Å². The van der Waals surface area contributed by atoms with Gasteiger partial charge in [0.2, 0.25) is 23.6 Å². The summed E-state index contributed by atoms with van der Waals surface area (Å²) in [6.45, 7) is 0. The Hall–Kier alpha value is -2.52.